The van der Waals surface area contributed by atoms with E-state index in [1.165, 1.54) is 7.11 Å². The van der Waals surface area contributed by atoms with Gasteiger partial charge in [0.05, 0.1) is 13.7 Å². The number of hydrogen-bond donors (Lipinski definition) is 1. The van der Waals surface area contributed by atoms with Gasteiger partial charge in [-0.05, 0) is 17.7 Å². The van der Waals surface area contributed by atoms with Crippen LogP contribution in [0.2, 0.25) is 0 Å². The molecular formula is C12H16BrNO3. The van der Waals surface area contributed by atoms with E-state index in [2.05, 4.69) is 21.2 Å². The van der Waals surface area contributed by atoms with Gasteiger partial charge in [0.25, 0.3) is 0 Å². The van der Waals surface area contributed by atoms with Crippen LogP contribution in [0.1, 0.15) is 11.6 Å². The van der Waals surface area contributed by atoms with Crippen molar-refractivity contribution >= 4 is 21.9 Å². The van der Waals surface area contributed by atoms with Crippen LogP contribution in [0, 0.1) is 0 Å². The summed E-state index contributed by atoms with van der Waals surface area (Å²) in [5.74, 6) is -0.302. The molecule has 1 N–H and O–H groups in total. The van der Waals surface area contributed by atoms with Crippen LogP contribution in [0.5, 0.6) is 0 Å². The largest absolute Gasteiger partial charge is 0.468 e. The summed E-state index contributed by atoms with van der Waals surface area (Å²) in [6, 6.07) is 7.09. The van der Waals surface area contributed by atoms with Crippen molar-refractivity contribution in [3.8, 4) is 0 Å². The summed E-state index contributed by atoms with van der Waals surface area (Å²) in [6.07, 6.45) is 0. The zero-order valence-electron chi connectivity index (χ0n) is 9.90. The van der Waals surface area contributed by atoms with Crippen molar-refractivity contribution < 1.29 is 14.3 Å². The highest BCUT2D eigenvalue weighted by Crippen LogP contribution is 2.17. The van der Waals surface area contributed by atoms with Crippen molar-refractivity contribution in [2.75, 3.05) is 27.4 Å². The van der Waals surface area contributed by atoms with E-state index in [4.69, 9.17) is 9.47 Å². The molecule has 0 aliphatic heterocycles. The summed E-state index contributed by atoms with van der Waals surface area (Å²) >= 11 is 3.36. The Hall–Kier alpha value is -0.910. The number of ether oxygens (including phenoxy) is 2. The second-order valence-corrected chi connectivity index (χ2v) is 4.37. The summed E-state index contributed by atoms with van der Waals surface area (Å²) in [5.41, 5.74) is 0.871. The van der Waals surface area contributed by atoms with E-state index in [0.29, 0.717) is 13.2 Å². The molecule has 0 aliphatic rings. The van der Waals surface area contributed by atoms with Crippen molar-refractivity contribution in [1.82, 2.24) is 5.32 Å². The highest BCUT2D eigenvalue weighted by molar-refractivity contribution is 9.10. The summed E-state index contributed by atoms with van der Waals surface area (Å²) in [4.78, 5) is 11.7. The van der Waals surface area contributed by atoms with E-state index in [1.807, 2.05) is 24.3 Å². The maximum atomic E-state index is 11.7. The fraction of sp³-hybridized carbons (Fsp3) is 0.417. The highest BCUT2D eigenvalue weighted by Gasteiger charge is 2.20. The van der Waals surface area contributed by atoms with Gasteiger partial charge in [-0.2, -0.15) is 0 Å². The fourth-order valence-corrected chi connectivity index (χ4v) is 1.68. The first-order valence-electron chi connectivity index (χ1n) is 5.24. The van der Waals surface area contributed by atoms with Gasteiger partial charge in [-0.3, -0.25) is 5.32 Å². The van der Waals surface area contributed by atoms with Crippen LogP contribution in [0.25, 0.3) is 0 Å². The van der Waals surface area contributed by atoms with Crippen LogP contribution >= 0.6 is 15.9 Å². The molecule has 1 atom stereocenters. The number of halogens is 1. The Balaban J connectivity index is 2.74. The molecule has 4 nitrogen and oxygen atoms in total. The van der Waals surface area contributed by atoms with Gasteiger partial charge in [-0.15, -0.1) is 0 Å². The lowest BCUT2D eigenvalue weighted by Crippen LogP contribution is -2.31. The maximum absolute atomic E-state index is 11.7. The van der Waals surface area contributed by atoms with Gasteiger partial charge in [-0.1, -0.05) is 28.1 Å². The van der Waals surface area contributed by atoms with E-state index in [-0.39, 0.29) is 5.97 Å². The van der Waals surface area contributed by atoms with E-state index in [0.717, 1.165) is 10.0 Å². The third-order valence-corrected chi connectivity index (χ3v) is 2.82. The predicted octanol–water partition coefficient (Wildman–Crippen LogP) is 1.90. The molecule has 0 radical (unpaired) electrons. The van der Waals surface area contributed by atoms with E-state index in [1.54, 1.807) is 7.11 Å². The molecule has 17 heavy (non-hydrogen) atoms. The summed E-state index contributed by atoms with van der Waals surface area (Å²) in [5, 5.41) is 3.09. The van der Waals surface area contributed by atoms with Gasteiger partial charge in [-0.25, -0.2) is 4.79 Å². The average Bonchev–Trinajstić information content (AvgIpc) is 2.35. The summed E-state index contributed by atoms with van der Waals surface area (Å²) in [7, 11) is 3.00. The first kappa shape index (κ1) is 14.2. The Kier molecular flexibility index (Phi) is 6.18. The van der Waals surface area contributed by atoms with Crippen LogP contribution in [0.4, 0.5) is 0 Å². The molecule has 0 saturated carbocycles. The highest BCUT2D eigenvalue weighted by atomic mass is 79.9. The second kappa shape index (κ2) is 7.42. The topological polar surface area (TPSA) is 47.6 Å². The van der Waals surface area contributed by atoms with E-state index < -0.39 is 6.04 Å². The number of benzene rings is 1. The molecule has 0 heterocycles. The Morgan fingerprint density at radius 2 is 2.00 bits per heavy atom. The van der Waals surface area contributed by atoms with Crippen molar-refractivity contribution in [3.05, 3.63) is 34.3 Å². The molecule has 5 heteroatoms. The van der Waals surface area contributed by atoms with Crippen molar-refractivity contribution in [2.45, 2.75) is 6.04 Å². The Morgan fingerprint density at radius 1 is 1.35 bits per heavy atom. The maximum Gasteiger partial charge on any atom is 0.327 e. The molecule has 0 saturated heterocycles. The first-order chi connectivity index (χ1) is 8.19. The van der Waals surface area contributed by atoms with Gasteiger partial charge < -0.3 is 9.47 Å². The van der Waals surface area contributed by atoms with Crippen molar-refractivity contribution in [2.24, 2.45) is 0 Å². The molecule has 0 fully saturated rings. The number of carbonyl (C=O) groups is 1. The lowest BCUT2D eigenvalue weighted by Gasteiger charge is -2.16. The van der Waals surface area contributed by atoms with Gasteiger partial charge in [0.15, 0.2) is 0 Å². The molecule has 0 aliphatic carbocycles. The minimum Gasteiger partial charge on any atom is -0.468 e. The van der Waals surface area contributed by atoms with Gasteiger partial charge in [0.1, 0.15) is 6.04 Å². The molecule has 94 valence electrons. The SMILES string of the molecule is COCCN[C@H](C(=O)OC)c1ccc(Br)cc1. The number of methoxy groups -OCH3 is 2. The van der Waals surface area contributed by atoms with Gasteiger partial charge >= 0.3 is 5.97 Å². The molecular weight excluding hydrogens is 286 g/mol. The molecule has 1 aromatic rings. The predicted molar refractivity (Wildman–Crippen MR) is 68.8 cm³/mol. The zero-order chi connectivity index (χ0) is 12.7. The monoisotopic (exact) mass is 301 g/mol. The van der Waals surface area contributed by atoms with Crippen LogP contribution < -0.4 is 5.32 Å². The molecule has 0 spiro atoms. The quantitative estimate of drug-likeness (QED) is 0.644. The van der Waals surface area contributed by atoms with E-state index >= 15 is 0 Å². The van der Waals surface area contributed by atoms with Crippen LogP contribution in [-0.4, -0.2) is 33.3 Å². The Bertz CT molecular complexity index is 353. The molecule has 0 aromatic heterocycles. The third kappa shape index (κ3) is 4.46. The molecule has 1 rings (SSSR count). The Labute approximate surface area is 109 Å². The fourth-order valence-electron chi connectivity index (χ4n) is 1.42. The van der Waals surface area contributed by atoms with Gasteiger partial charge in [0.2, 0.25) is 0 Å². The normalized spacial score (nSPS) is 12.2. The average molecular weight is 302 g/mol. The number of rotatable bonds is 6. The minimum atomic E-state index is -0.455. The number of hydrogen-bond acceptors (Lipinski definition) is 4. The zero-order valence-corrected chi connectivity index (χ0v) is 11.5. The number of carbonyl (C=O) groups excluding carboxylic acids is 1. The lowest BCUT2D eigenvalue weighted by atomic mass is 10.1. The van der Waals surface area contributed by atoms with E-state index in [9.17, 15) is 4.79 Å². The second-order valence-electron chi connectivity index (χ2n) is 3.45. The third-order valence-electron chi connectivity index (χ3n) is 2.29. The van der Waals surface area contributed by atoms with Crippen molar-refractivity contribution in [1.29, 1.82) is 0 Å². The standard InChI is InChI=1S/C12H16BrNO3/c1-16-8-7-14-11(12(15)17-2)9-3-5-10(13)6-4-9/h3-6,11,14H,7-8H2,1-2H3/t11-/m0/s1. The smallest absolute Gasteiger partial charge is 0.327 e. The molecule has 0 amide bonds. The minimum absolute atomic E-state index is 0.302. The molecule has 0 bridgehead atoms. The summed E-state index contributed by atoms with van der Waals surface area (Å²) in [6.45, 7) is 1.14. The van der Waals surface area contributed by atoms with Crippen LogP contribution in [-0.2, 0) is 14.3 Å². The number of esters is 1. The Morgan fingerprint density at radius 3 is 2.53 bits per heavy atom. The summed E-state index contributed by atoms with van der Waals surface area (Å²) < 4.78 is 10.7. The van der Waals surface area contributed by atoms with Crippen LogP contribution in [0.3, 0.4) is 0 Å². The molecule has 1 aromatic carbocycles. The number of nitrogens with one attached hydrogen (secondary N) is 1. The van der Waals surface area contributed by atoms with Crippen LogP contribution in [0.15, 0.2) is 28.7 Å². The van der Waals surface area contributed by atoms with Gasteiger partial charge in [0, 0.05) is 18.1 Å². The van der Waals surface area contributed by atoms with Crippen molar-refractivity contribution in [3.63, 3.8) is 0 Å². The first-order valence-corrected chi connectivity index (χ1v) is 6.04. The molecule has 0 unspecified atom stereocenters. The lowest BCUT2D eigenvalue weighted by molar-refractivity contribution is -0.143.